The Kier molecular flexibility index (Phi) is 4.18. The lowest BCUT2D eigenvalue weighted by molar-refractivity contribution is -0.231. The number of hydrogen-bond acceptors (Lipinski definition) is 3. The molecule has 3 aromatic rings. The summed E-state index contributed by atoms with van der Waals surface area (Å²) >= 11 is 1.37. The van der Waals surface area contributed by atoms with Gasteiger partial charge in [-0.25, -0.2) is 13.2 Å². The van der Waals surface area contributed by atoms with Gasteiger partial charge in [0.05, 0.1) is 12.3 Å². The minimum atomic E-state index is -3.00. The number of nitrogens with one attached hydrogen (secondary N) is 1. The Morgan fingerprint density at radius 1 is 1.17 bits per heavy atom. The molecule has 2 aliphatic rings. The largest absolute Gasteiger partial charge is 0.368 e. The second-order valence-electron chi connectivity index (χ2n) is 8.37. The van der Waals surface area contributed by atoms with Crippen molar-refractivity contribution in [2.24, 2.45) is 0 Å². The van der Waals surface area contributed by atoms with Gasteiger partial charge in [0.15, 0.2) is 0 Å². The molecule has 0 bridgehead atoms. The highest BCUT2D eigenvalue weighted by atomic mass is 32.1. The van der Waals surface area contributed by atoms with Crippen LogP contribution in [0.3, 0.4) is 0 Å². The average molecular weight is 421 g/mol. The Labute approximate surface area is 171 Å². The highest BCUT2D eigenvalue weighted by molar-refractivity contribution is 7.10. The van der Waals surface area contributed by atoms with Crippen LogP contribution in [0.2, 0.25) is 0 Å². The van der Waals surface area contributed by atoms with Crippen LogP contribution in [0.15, 0.2) is 35.7 Å². The van der Waals surface area contributed by atoms with Crippen LogP contribution in [0.1, 0.15) is 35.4 Å². The van der Waals surface area contributed by atoms with Gasteiger partial charge < -0.3 is 9.72 Å². The molecule has 1 aliphatic carbocycles. The summed E-state index contributed by atoms with van der Waals surface area (Å²) in [7, 11) is 3.45. The number of halogens is 3. The number of hydrogen-bond donors (Lipinski definition) is 1. The number of ether oxygens (including phenoxy) is 1. The highest BCUT2D eigenvalue weighted by Gasteiger charge is 2.65. The molecule has 2 aromatic heterocycles. The lowest BCUT2D eigenvalue weighted by Crippen LogP contribution is -2.61. The molecule has 0 amide bonds. The van der Waals surface area contributed by atoms with Crippen molar-refractivity contribution in [2.45, 2.75) is 42.7 Å². The number of thiophene rings is 1. The number of aromatic nitrogens is 1. The number of H-pyrrole nitrogens is 1. The van der Waals surface area contributed by atoms with Gasteiger partial charge in [0.2, 0.25) is 0 Å². The Bertz CT molecular complexity index is 1060. The summed E-state index contributed by atoms with van der Waals surface area (Å²) in [6.07, 6.45) is 0.936. The van der Waals surface area contributed by atoms with Gasteiger partial charge in [0.1, 0.15) is 17.0 Å². The van der Waals surface area contributed by atoms with Crippen molar-refractivity contribution in [2.75, 3.05) is 20.7 Å². The second-order valence-corrected chi connectivity index (χ2v) is 9.32. The number of benzene rings is 1. The SMILES string of the molecule is CN(C)C1(c2cccs2)CCC2(CC1(F)F)OCCc1c2[nH]c2ccc(F)cc12. The van der Waals surface area contributed by atoms with Crippen LogP contribution >= 0.6 is 11.3 Å². The first-order valence-corrected chi connectivity index (χ1v) is 10.7. The molecule has 1 fully saturated rings. The van der Waals surface area contributed by atoms with Gasteiger partial charge in [-0.05, 0) is 68.6 Å². The molecule has 5 rings (SSSR count). The van der Waals surface area contributed by atoms with Gasteiger partial charge in [-0.15, -0.1) is 11.3 Å². The van der Waals surface area contributed by atoms with Gasteiger partial charge in [-0.3, -0.25) is 4.90 Å². The smallest absolute Gasteiger partial charge is 0.274 e. The van der Waals surface area contributed by atoms with Crippen LogP contribution in [0.5, 0.6) is 0 Å². The quantitative estimate of drug-likeness (QED) is 0.600. The Morgan fingerprint density at radius 3 is 2.69 bits per heavy atom. The minimum Gasteiger partial charge on any atom is -0.368 e. The minimum absolute atomic E-state index is 0.274. The van der Waals surface area contributed by atoms with Crippen molar-refractivity contribution in [1.82, 2.24) is 9.88 Å². The van der Waals surface area contributed by atoms with E-state index >= 15 is 8.78 Å². The molecular formula is C22H23F3N2OS. The van der Waals surface area contributed by atoms with E-state index in [1.807, 2.05) is 11.4 Å². The Morgan fingerprint density at radius 2 is 2.00 bits per heavy atom. The first kappa shape index (κ1) is 19.2. The lowest BCUT2D eigenvalue weighted by Gasteiger charge is -2.54. The maximum Gasteiger partial charge on any atom is 0.274 e. The summed E-state index contributed by atoms with van der Waals surface area (Å²) in [5, 5.41) is 2.62. The third kappa shape index (κ3) is 2.57. The maximum absolute atomic E-state index is 16.0. The fourth-order valence-electron chi connectivity index (χ4n) is 5.37. The fraction of sp³-hybridized carbons (Fsp3) is 0.455. The summed E-state index contributed by atoms with van der Waals surface area (Å²) in [6, 6.07) is 8.18. The molecule has 29 heavy (non-hydrogen) atoms. The molecule has 2 atom stereocenters. The fourth-order valence-corrected chi connectivity index (χ4v) is 6.46. The summed E-state index contributed by atoms with van der Waals surface area (Å²) in [5.74, 6) is -3.32. The number of alkyl halides is 2. The lowest BCUT2D eigenvalue weighted by atomic mass is 9.67. The standard InChI is InChI=1S/C22H23F3N2OS/c1-27(2)21(18-4-3-11-29-18)9-8-20(13-22(21,24)25)19-15(7-10-28-20)16-12-14(23)5-6-17(16)26-19/h3-6,11-12,26H,7-10,13H2,1-2H3. The number of fused-ring (bicyclic) bond motifs is 4. The van der Waals surface area contributed by atoms with Crippen LogP contribution in [0.25, 0.3) is 10.9 Å². The van der Waals surface area contributed by atoms with E-state index < -0.39 is 23.5 Å². The van der Waals surface area contributed by atoms with Crippen molar-refractivity contribution >= 4 is 22.2 Å². The molecule has 0 radical (unpaired) electrons. The van der Waals surface area contributed by atoms with E-state index in [4.69, 9.17) is 4.74 Å². The summed E-state index contributed by atoms with van der Waals surface area (Å²) < 4.78 is 51.9. The first-order valence-electron chi connectivity index (χ1n) is 9.83. The zero-order valence-electron chi connectivity index (χ0n) is 16.4. The molecular weight excluding hydrogens is 397 g/mol. The van der Waals surface area contributed by atoms with Gasteiger partial charge >= 0.3 is 0 Å². The average Bonchev–Trinajstić information content (AvgIpc) is 3.30. The van der Waals surface area contributed by atoms with Gasteiger partial charge in [-0.2, -0.15) is 0 Å². The third-order valence-corrected chi connectivity index (χ3v) is 7.77. The number of rotatable bonds is 2. The van der Waals surface area contributed by atoms with Crippen LogP contribution in [-0.2, 0) is 22.3 Å². The zero-order valence-corrected chi connectivity index (χ0v) is 17.2. The van der Waals surface area contributed by atoms with E-state index in [-0.39, 0.29) is 12.2 Å². The molecule has 1 aromatic carbocycles. The molecule has 0 saturated heterocycles. The van der Waals surface area contributed by atoms with E-state index in [0.717, 1.165) is 16.5 Å². The van der Waals surface area contributed by atoms with Gasteiger partial charge in [0.25, 0.3) is 5.92 Å². The monoisotopic (exact) mass is 420 g/mol. The van der Waals surface area contributed by atoms with E-state index in [9.17, 15) is 4.39 Å². The van der Waals surface area contributed by atoms with Crippen LogP contribution in [0, 0.1) is 5.82 Å². The summed E-state index contributed by atoms with van der Waals surface area (Å²) in [4.78, 5) is 5.64. The molecule has 1 spiro atoms. The van der Waals surface area contributed by atoms with Crippen LogP contribution in [0.4, 0.5) is 13.2 Å². The zero-order chi connectivity index (χ0) is 20.4. The van der Waals surface area contributed by atoms with Crippen molar-refractivity contribution in [3.8, 4) is 0 Å². The topological polar surface area (TPSA) is 28.3 Å². The normalized spacial score (nSPS) is 28.9. The van der Waals surface area contributed by atoms with Gasteiger partial charge in [-0.1, -0.05) is 6.07 Å². The number of nitrogens with zero attached hydrogens (tertiary/aromatic N) is 1. The second kappa shape index (κ2) is 6.33. The molecule has 2 unspecified atom stereocenters. The highest BCUT2D eigenvalue weighted by Crippen LogP contribution is 2.59. The van der Waals surface area contributed by atoms with Gasteiger partial charge in [0, 0.05) is 22.2 Å². The predicted octanol–water partition coefficient (Wildman–Crippen LogP) is 5.41. The van der Waals surface area contributed by atoms with E-state index in [2.05, 4.69) is 4.98 Å². The van der Waals surface area contributed by atoms with E-state index in [1.165, 1.54) is 23.5 Å². The molecule has 3 nitrogen and oxygen atoms in total. The molecule has 1 N–H and O–H groups in total. The first-order chi connectivity index (χ1) is 13.8. The maximum atomic E-state index is 16.0. The molecule has 1 saturated carbocycles. The summed E-state index contributed by atoms with van der Waals surface area (Å²) in [6.45, 7) is 0.362. The van der Waals surface area contributed by atoms with Crippen LogP contribution < -0.4 is 0 Å². The molecule has 1 aliphatic heterocycles. The van der Waals surface area contributed by atoms with Crippen molar-refractivity contribution in [3.63, 3.8) is 0 Å². The van der Waals surface area contributed by atoms with Crippen LogP contribution in [-0.4, -0.2) is 36.5 Å². The predicted molar refractivity (Wildman–Crippen MR) is 108 cm³/mol. The van der Waals surface area contributed by atoms with E-state index in [1.54, 1.807) is 31.1 Å². The Hall–Kier alpha value is -1.83. The third-order valence-electron chi connectivity index (χ3n) is 6.75. The van der Waals surface area contributed by atoms with Crippen molar-refractivity contribution < 1.29 is 17.9 Å². The summed E-state index contributed by atoms with van der Waals surface area (Å²) in [5.41, 5.74) is -0.0561. The van der Waals surface area contributed by atoms with Crippen molar-refractivity contribution in [1.29, 1.82) is 0 Å². The molecule has 7 heteroatoms. The van der Waals surface area contributed by atoms with Crippen molar-refractivity contribution in [3.05, 3.63) is 57.7 Å². The van der Waals surface area contributed by atoms with E-state index in [0.29, 0.717) is 30.0 Å². The number of aromatic amines is 1. The Balaban J connectivity index is 1.63. The molecule has 154 valence electrons. The molecule has 3 heterocycles.